The van der Waals surface area contributed by atoms with Crippen LogP contribution < -0.4 is 11.1 Å². The van der Waals surface area contributed by atoms with E-state index in [4.69, 9.17) is 5.73 Å². The molecule has 0 spiro atoms. The van der Waals surface area contributed by atoms with Crippen LogP contribution in [0.2, 0.25) is 0 Å². The number of thiazole rings is 1. The molecular weight excluding hydrogens is 376 g/mol. The van der Waals surface area contributed by atoms with E-state index in [0.717, 1.165) is 31.5 Å². The first kappa shape index (κ1) is 21.0. The zero-order valence-corrected chi connectivity index (χ0v) is 18.1. The molecule has 156 valence electrons. The Morgan fingerprint density at radius 3 is 2.79 bits per heavy atom. The van der Waals surface area contributed by atoms with E-state index in [0.29, 0.717) is 36.7 Å². The number of carbonyl (C=O) groups excluding carboxylic acids is 2. The number of likely N-dealkylation sites (tertiary alicyclic amines) is 1. The van der Waals surface area contributed by atoms with E-state index in [2.05, 4.69) is 22.2 Å². The maximum atomic E-state index is 13.1. The Kier molecular flexibility index (Phi) is 6.57. The third-order valence-electron chi connectivity index (χ3n) is 5.86. The Bertz CT molecular complexity index is 721. The number of hydrogen-bond acceptors (Lipinski definition) is 7. The van der Waals surface area contributed by atoms with Gasteiger partial charge in [0.2, 0.25) is 5.91 Å². The zero-order chi connectivity index (χ0) is 20.4. The molecule has 2 aliphatic rings. The second-order valence-corrected chi connectivity index (χ2v) is 9.26. The lowest BCUT2D eigenvalue weighted by molar-refractivity contribution is -0.135. The molecule has 0 bridgehead atoms. The van der Waals surface area contributed by atoms with E-state index in [1.807, 2.05) is 25.9 Å². The molecule has 28 heavy (non-hydrogen) atoms. The first-order valence-electron chi connectivity index (χ1n) is 9.98. The molecule has 0 unspecified atom stereocenters. The summed E-state index contributed by atoms with van der Waals surface area (Å²) in [5.41, 5.74) is 6.99. The van der Waals surface area contributed by atoms with Crippen LogP contribution in [0, 0.1) is 11.8 Å². The summed E-state index contributed by atoms with van der Waals surface area (Å²) in [7, 11) is 5.99. The number of likely N-dealkylation sites (N-methyl/N-ethyl adjacent to an activating group) is 2. The van der Waals surface area contributed by atoms with E-state index in [-0.39, 0.29) is 17.9 Å². The Hall–Kier alpha value is -1.71. The first-order chi connectivity index (χ1) is 13.3. The minimum absolute atomic E-state index is 0.0706. The normalized spacial score (nSPS) is 24.5. The van der Waals surface area contributed by atoms with Gasteiger partial charge in [0.25, 0.3) is 0 Å². The number of nitrogens with one attached hydrogen (secondary N) is 1. The predicted octanol–water partition coefficient (Wildman–Crippen LogP) is 0.880. The van der Waals surface area contributed by atoms with E-state index in [1.165, 1.54) is 9.78 Å². The molecule has 2 heterocycles. The minimum atomic E-state index is -0.294. The Balaban J connectivity index is 1.65. The lowest BCUT2D eigenvalue weighted by Crippen LogP contribution is -2.55. The third kappa shape index (κ3) is 4.47. The van der Waals surface area contributed by atoms with Crippen LogP contribution in [0.3, 0.4) is 0 Å². The Morgan fingerprint density at radius 2 is 2.11 bits per heavy atom. The van der Waals surface area contributed by atoms with E-state index in [1.54, 1.807) is 11.3 Å². The average molecular weight is 409 g/mol. The van der Waals surface area contributed by atoms with Crippen LogP contribution in [0.1, 0.15) is 23.9 Å². The SMILES string of the molecule is CCN(C(=O)NCCN(C)C)C(=O)[C@@H]1C[C@@H]2Cc3nc(N)sc3C[C@H]2N(C)C1. The van der Waals surface area contributed by atoms with Gasteiger partial charge in [-0.25, -0.2) is 9.78 Å². The molecule has 0 aromatic carbocycles. The summed E-state index contributed by atoms with van der Waals surface area (Å²) in [5, 5.41) is 3.49. The van der Waals surface area contributed by atoms with Crippen molar-refractivity contribution in [2.75, 3.05) is 53.1 Å². The number of rotatable bonds is 5. The van der Waals surface area contributed by atoms with Crippen LogP contribution in [0.25, 0.3) is 0 Å². The molecule has 1 aromatic heterocycles. The Morgan fingerprint density at radius 1 is 1.36 bits per heavy atom. The first-order valence-corrected chi connectivity index (χ1v) is 10.8. The summed E-state index contributed by atoms with van der Waals surface area (Å²) in [6, 6.07) is 0.123. The number of amides is 3. The van der Waals surface area contributed by atoms with Gasteiger partial charge in [-0.15, -0.1) is 11.3 Å². The number of fused-ring (bicyclic) bond motifs is 2. The Labute approximate surface area is 171 Å². The molecule has 3 atom stereocenters. The molecule has 3 rings (SSSR count). The van der Waals surface area contributed by atoms with Crippen molar-refractivity contribution in [1.82, 2.24) is 25.0 Å². The van der Waals surface area contributed by atoms with Crippen LogP contribution >= 0.6 is 11.3 Å². The van der Waals surface area contributed by atoms with Gasteiger partial charge >= 0.3 is 6.03 Å². The summed E-state index contributed by atoms with van der Waals surface area (Å²) in [5.74, 6) is 0.138. The number of piperidine rings is 1. The molecule has 1 saturated heterocycles. The van der Waals surface area contributed by atoms with Crippen LogP contribution in [0.15, 0.2) is 0 Å². The van der Waals surface area contributed by atoms with Crippen LogP contribution in [-0.4, -0.2) is 85.0 Å². The second-order valence-electron chi connectivity index (χ2n) is 8.15. The van der Waals surface area contributed by atoms with Gasteiger partial charge in [0.05, 0.1) is 11.6 Å². The van der Waals surface area contributed by atoms with Gasteiger partial charge in [0.15, 0.2) is 5.13 Å². The van der Waals surface area contributed by atoms with Crippen molar-refractivity contribution in [2.45, 2.75) is 32.2 Å². The van der Waals surface area contributed by atoms with Crippen molar-refractivity contribution in [3.8, 4) is 0 Å². The highest BCUT2D eigenvalue weighted by Crippen LogP contribution is 2.39. The second kappa shape index (κ2) is 8.75. The van der Waals surface area contributed by atoms with E-state index < -0.39 is 0 Å². The van der Waals surface area contributed by atoms with Gasteiger partial charge in [0, 0.05) is 37.1 Å². The largest absolute Gasteiger partial charge is 0.375 e. The van der Waals surface area contributed by atoms with Crippen molar-refractivity contribution in [2.24, 2.45) is 11.8 Å². The molecule has 0 saturated carbocycles. The number of imide groups is 1. The highest BCUT2D eigenvalue weighted by molar-refractivity contribution is 7.15. The number of aromatic nitrogens is 1. The monoisotopic (exact) mass is 408 g/mol. The zero-order valence-electron chi connectivity index (χ0n) is 17.3. The number of nitrogens with two attached hydrogens (primary N) is 1. The lowest BCUT2D eigenvalue weighted by atomic mass is 9.75. The van der Waals surface area contributed by atoms with Gasteiger partial charge in [-0.1, -0.05) is 0 Å². The van der Waals surface area contributed by atoms with Crippen molar-refractivity contribution in [3.05, 3.63) is 10.6 Å². The topological polar surface area (TPSA) is 94.8 Å². The van der Waals surface area contributed by atoms with Crippen molar-refractivity contribution >= 4 is 28.4 Å². The molecular formula is C19H32N6O2S. The third-order valence-corrected chi connectivity index (χ3v) is 6.81. The van der Waals surface area contributed by atoms with Crippen molar-refractivity contribution < 1.29 is 9.59 Å². The number of nitrogen functional groups attached to an aromatic ring is 1. The maximum absolute atomic E-state index is 13.1. The maximum Gasteiger partial charge on any atom is 0.324 e. The van der Waals surface area contributed by atoms with E-state index in [9.17, 15) is 9.59 Å². The van der Waals surface area contributed by atoms with Gasteiger partial charge in [-0.2, -0.15) is 0 Å². The fourth-order valence-electron chi connectivity index (χ4n) is 4.42. The van der Waals surface area contributed by atoms with Gasteiger partial charge < -0.3 is 20.9 Å². The molecule has 3 amide bonds. The van der Waals surface area contributed by atoms with Gasteiger partial charge in [-0.3, -0.25) is 9.69 Å². The number of urea groups is 1. The summed E-state index contributed by atoms with van der Waals surface area (Å²) >= 11 is 1.59. The molecule has 1 aliphatic heterocycles. The molecule has 1 fully saturated rings. The average Bonchev–Trinajstić information content (AvgIpc) is 2.99. The summed E-state index contributed by atoms with van der Waals surface area (Å²) in [6.45, 7) is 4.19. The molecule has 9 heteroatoms. The summed E-state index contributed by atoms with van der Waals surface area (Å²) < 4.78 is 0. The van der Waals surface area contributed by atoms with Gasteiger partial charge in [-0.05, 0) is 53.2 Å². The quantitative estimate of drug-likeness (QED) is 0.751. The number of carbonyl (C=O) groups is 2. The smallest absolute Gasteiger partial charge is 0.324 e. The van der Waals surface area contributed by atoms with Crippen LogP contribution in [0.5, 0.6) is 0 Å². The van der Waals surface area contributed by atoms with Crippen LogP contribution in [0.4, 0.5) is 9.93 Å². The van der Waals surface area contributed by atoms with Gasteiger partial charge in [0.1, 0.15) is 0 Å². The fraction of sp³-hybridized carbons (Fsp3) is 0.737. The number of anilines is 1. The van der Waals surface area contributed by atoms with E-state index >= 15 is 0 Å². The van der Waals surface area contributed by atoms with Crippen molar-refractivity contribution in [3.63, 3.8) is 0 Å². The highest BCUT2D eigenvalue weighted by atomic mass is 32.1. The molecule has 1 aromatic rings. The number of hydrogen-bond donors (Lipinski definition) is 2. The summed E-state index contributed by atoms with van der Waals surface area (Å²) in [4.78, 5) is 37.1. The molecule has 0 radical (unpaired) electrons. The van der Waals surface area contributed by atoms with Crippen LogP contribution in [-0.2, 0) is 17.6 Å². The fourth-order valence-corrected chi connectivity index (χ4v) is 5.33. The van der Waals surface area contributed by atoms with Crippen molar-refractivity contribution in [1.29, 1.82) is 0 Å². The molecule has 3 N–H and O–H groups in total. The standard InChI is InChI=1S/C19H32N6O2S/c1-5-25(19(27)21-6-7-23(2)3)17(26)13-8-12-9-14-16(28-18(20)22-14)10-15(12)24(4)11-13/h12-13,15H,5-11H2,1-4H3,(H2,20,22)(H,21,27)/t12-,13-,15-/m1/s1. The predicted molar refractivity (Wildman–Crippen MR) is 111 cm³/mol. The lowest BCUT2D eigenvalue weighted by Gasteiger charge is -2.45. The molecule has 8 nitrogen and oxygen atoms in total. The summed E-state index contributed by atoms with van der Waals surface area (Å²) in [6.07, 6.45) is 2.62. The molecule has 1 aliphatic carbocycles. The number of nitrogens with zero attached hydrogens (tertiary/aromatic N) is 4. The minimum Gasteiger partial charge on any atom is -0.375 e. The highest BCUT2D eigenvalue weighted by Gasteiger charge is 2.42.